The van der Waals surface area contributed by atoms with Gasteiger partial charge in [0, 0.05) is 17.8 Å². The topological polar surface area (TPSA) is 39.7 Å². The maximum absolute atomic E-state index is 5.21. The number of nitrogens with one attached hydrogen (secondary N) is 1. The van der Waals surface area contributed by atoms with Crippen molar-refractivity contribution in [3.63, 3.8) is 0 Å². The molecule has 0 unspecified atom stereocenters. The van der Waals surface area contributed by atoms with Gasteiger partial charge in [-0.3, -0.25) is 0 Å². The van der Waals surface area contributed by atoms with Crippen molar-refractivity contribution in [3.05, 3.63) is 12.1 Å². The second-order valence-electron chi connectivity index (χ2n) is 2.72. The summed E-state index contributed by atoms with van der Waals surface area (Å²) in [6.07, 6.45) is 0. The van der Waals surface area contributed by atoms with Crippen LogP contribution in [0.25, 0.3) is 0 Å². The Hall–Kier alpha value is -1.10. The highest BCUT2D eigenvalue weighted by Gasteiger charge is 2.12. The molecule has 0 amide bonds. The SMILES string of the molecule is COc1cc(NCBr)cc(OC)c1OC. The van der Waals surface area contributed by atoms with Crippen molar-refractivity contribution < 1.29 is 14.2 Å². The largest absolute Gasteiger partial charge is 0.493 e. The molecule has 1 N–H and O–H groups in total. The van der Waals surface area contributed by atoms with Crippen LogP contribution in [0.5, 0.6) is 17.2 Å². The first-order chi connectivity index (χ1) is 7.26. The maximum Gasteiger partial charge on any atom is 0.203 e. The van der Waals surface area contributed by atoms with Crippen molar-refractivity contribution in [2.24, 2.45) is 0 Å². The molecule has 4 nitrogen and oxygen atoms in total. The van der Waals surface area contributed by atoms with Crippen LogP contribution in [0.3, 0.4) is 0 Å². The molecule has 1 aromatic carbocycles. The molecular weight excluding hydrogens is 262 g/mol. The van der Waals surface area contributed by atoms with Crippen molar-refractivity contribution in [2.45, 2.75) is 0 Å². The Bertz CT molecular complexity index is 305. The van der Waals surface area contributed by atoms with Gasteiger partial charge in [-0.25, -0.2) is 0 Å². The summed E-state index contributed by atoms with van der Waals surface area (Å²) in [5.74, 6) is 1.88. The number of benzene rings is 1. The number of ether oxygens (including phenoxy) is 3. The number of alkyl halides is 1. The van der Waals surface area contributed by atoms with E-state index in [0.29, 0.717) is 22.7 Å². The Morgan fingerprint density at radius 1 is 1.07 bits per heavy atom. The van der Waals surface area contributed by atoms with E-state index in [2.05, 4.69) is 21.2 Å². The molecule has 5 heteroatoms. The summed E-state index contributed by atoms with van der Waals surface area (Å²) < 4.78 is 15.6. The van der Waals surface area contributed by atoms with Crippen LogP contribution in [0.15, 0.2) is 12.1 Å². The Labute approximate surface area is 97.6 Å². The summed E-state index contributed by atoms with van der Waals surface area (Å²) in [5.41, 5.74) is 1.56. The van der Waals surface area contributed by atoms with E-state index >= 15 is 0 Å². The highest BCUT2D eigenvalue weighted by Crippen LogP contribution is 2.39. The van der Waals surface area contributed by atoms with Gasteiger partial charge in [0.1, 0.15) is 0 Å². The molecular formula is C10H14BrNO3. The molecule has 0 bridgehead atoms. The van der Waals surface area contributed by atoms with Gasteiger partial charge >= 0.3 is 0 Å². The van der Waals surface area contributed by atoms with Crippen LogP contribution in [0.2, 0.25) is 0 Å². The van der Waals surface area contributed by atoms with E-state index in [1.54, 1.807) is 21.3 Å². The Morgan fingerprint density at radius 3 is 1.93 bits per heavy atom. The molecule has 1 rings (SSSR count). The Balaban J connectivity index is 3.16. The van der Waals surface area contributed by atoms with E-state index in [0.717, 1.165) is 5.69 Å². The first-order valence-electron chi connectivity index (χ1n) is 4.36. The van der Waals surface area contributed by atoms with Crippen molar-refractivity contribution in [2.75, 3.05) is 32.1 Å². The summed E-state index contributed by atoms with van der Waals surface area (Å²) in [4.78, 5) is 0. The van der Waals surface area contributed by atoms with Gasteiger partial charge in [0.25, 0.3) is 0 Å². The number of methoxy groups -OCH3 is 3. The van der Waals surface area contributed by atoms with Crippen LogP contribution >= 0.6 is 15.9 Å². The van der Waals surface area contributed by atoms with E-state index in [4.69, 9.17) is 14.2 Å². The lowest BCUT2D eigenvalue weighted by Crippen LogP contribution is -1.99. The lowest BCUT2D eigenvalue weighted by atomic mass is 10.2. The first-order valence-corrected chi connectivity index (χ1v) is 5.48. The summed E-state index contributed by atoms with van der Waals surface area (Å²) >= 11 is 3.29. The molecule has 0 aliphatic rings. The van der Waals surface area contributed by atoms with Gasteiger partial charge in [-0.2, -0.15) is 0 Å². The van der Waals surface area contributed by atoms with Crippen molar-refractivity contribution in [1.29, 1.82) is 0 Å². The number of hydrogen-bond acceptors (Lipinski definition) is 4. The van der Waals surface area contributed by atoms with Gasteiger partial charge < -0.3 is 19.5 Å². The summed E-state index contributed by atoms with van der Waals surface area (Å²) in [7, 11) is 4.77. The summed E-state index contributed by atoms with van der Waals surface area (Å²) in [6.45, 7) is 0. The summed E-state index contributed by atoms with van der Waals surface area (Å²) in [6, 6.07) is 3.70. The predicted molar refractivity (Wildman–Crippen MR) is 63.5 cm³/mol. The smallest absolute Gasteiger partial charge is 0.203 e. The number of rotatable bonds is 5. The van der Waals surface area contributed by atoms with Crippen LogP contribution in [-0.2, 0) is 0 Å². The van der Waals surface area contributed by atoms with Gasteiger partial charge in [-0.15, -0.1) is 0 Å². The van der Waals surface area contributed by atoms with Crippen LogP contribution in [-0.4, -0.2) is 26.8 Å². The van der Waals surface area contributed by atoms with Gasteiger partial charge in [0.2, 0.25) is 5.75 Å². The third-order valence-electron chi connectivity index (χ3n) is 1.94. The van der Waals surface area contributed by atoms with Gasteiger partial charge in [0.15, 0.2) is 11.5 Å². The first kappa shape index (κ1) is 12.0. The van der Waals surface area contributed by atoms with Crippen LogP contribution in [0, 0.1) is 0 Å². The lowest BCUT2D eigenvalue weighted by molar-refractivity contribution is 0.324. The fourth-order valence-corrected chi connectivity index (χ4v) is 1.58. The van der Waals surface area contributed by atoms with Crippen molar-refractivity contribution in [1.82, 2.24) is 0 Å². The van der Waals surface area contributed by atoms with E-state index in [1.165, 1.54) is 0 Å². The zero-order valence-corrected chi connectivity index (χ0v) is 10.6. The third kappa shape index (κ3) is 2.68. The predicted octanol–water partition coefficient (Wildman–Crippen LogP) is 2.48. The fraction of sp³-hybridized carbons (Fsp3) is 0.400. The van der Waals surface area contributed by atoms with Crippen molar-refractivity contribution in [3.8, 4) is 17.2 Å². The standard InChI is InChI=1S/C10H14BrNO3/c1-13-8-4-7(12-6-11)5-9(14-2)10(8)15-3/h4-5,12H,6H2,1-3H3. The molecule has 0 saturated carbocycles. The Kier molecular flexibility index (Phi) is 4.55. The molecule has 0 saturated heterocycles. The minimum Gasteiger partial charge on any atom is -0.493 e. The molecule has 0 aliphatic heterocycles. The minimum absolute atomic E-state index is 0.597. The Morgan fingerprint density at radius 2 is 1.60 bits per heavy atom. The monoisotopic (exact) mass is 275 g/mol. The second kappa shape index (κ2) is 5.70. The molecule has 1 aromatic rings. The normalized spacial score (nSPS) is 9.60. The van der Waals surface area contributed by atoms with E-state index in [1.807, 2.05) is 12.1 Å². The van der Waals surface area contributed by atoms with Crippen LogP contribution < -0.4 is 19.5 Å². The molecule has 0 spiro atoms. The molecule has 15 heavy (non-hydrogen) atoms. The van der Waals surface area contributed by atoms with Gasteiger partial charge in [-0.05, 0) is 0 Å². The fourth-order valence-electron chi connectivity index (χ4n) is 1.26. The van der Waals surface area contributed by atoms with E-state index in [-0.39, 0.29) is 0 Å². The highest BCUT2D eigenvalue weighted by atomic mass is 79.9. The number of hydrogen-bond donors (Lipinski definition) is 1. The molecule has 0 aromatic heterocycles. The third-order valence-corrected chi connectivity index (χ3v) is 2.22. The van der Waals surface area contributed by atoms with Crippen LogP contribution in [0.4, 0.5) is 5.69 Å². The highest BCUT2D eigenvalue weighted by molar-refractivity contribution is 9.09. The van der Waals surface area contributed by atoms with E-state index in [9.17, 15) is 0 Å². The molecule has 0 aliphatic carbocycles. The second-order valence-corrected chi connectivity index (χ2v) is 3.29. The molecule has 84 valence electrons. The number of halogens is 1. The van der Waals surface area contributed by atoms with E-state index < -0.39 is 0 Å². The minimum atomic E-state index is 0.597. The average Bonchev–Trinajstić information content (AvgIpc) is 2.28. The zero-order chi connectivity index (χ0) is 11.3. The molecule has 0 heterocycles. The maximum atomic E-state index is 5.21. The molecule has 0 atom stereocenters. The molecule has 0 radical (unpaired) electrons. The van der Waals surface area contributed by atoms with Gasteiger partial charge in [-0.1, -0.05) is 15.9 Å². The van der Waals surface area contributed by atoms with Crippen molar-refractivity contribution >= 4 is 21.6 Å². The summed E-state index contributed by atoms with van der Waals surface area (Å²) in [5, 5.41) is 3.11. The van der Waals surface area contributed by atoms with Gasteiger partial charge in [0.05, 0.1) is 26.8 Å². The lowest BCUT2D eigenvalue weighted by Gasteiger charge is -2.14. The quantitative estimate of drug-likeness (QED) is 0.662. The molecule has 0 fully saturated rings. The number of anilines is 1. The average molecular weight is 276 g/mol. The van der Waals surface area contributed by atoms with Crippen LogP contribution in [0.1, 0.15) is 0 Å². The zero-order valence-electron chi connectivity index (χ0n) is 8.96.